The first-order valence-electron chi connectivity index (χ1n) is 12.3. The van der Waals surface area contributed by atoms with E-state index in [4.69, 9.17) is 9.72 Å². The summed E-state index contributed by atoms with van der Waals surface area (Å²) < 4.78 is 5.53. The molecule has 36 heavy (non-hydrogen) atoms. The second-order valence-electron chi connectivity index (χ2n) is 9.03. The number of aromatic nitrogens is 6. The van der Waals surface area contributed by atoms with E-state index >= 15 is 0 Å². The number of hydrogen-bond acceptors (Lipinski definition) is 8. The summed E-state index contributed by atoms with van der Waals surface area (Å²) in [5.74, 6) is 2.61. The van der Waals surface area contributed by atoms with Crippen LogP contribution in [0.2, 0.25) is 0 Å². The maximum Gasteiger partial charge on any atom is 0.182 e. The molecule has 1 fully saturated rings. The highest BCUT2D eigenvalue weighted by atomic mass is 16.5. The summed E-state index contributed by atoms with van der Waals surface area (Å²) >= 11 is 0. The zero-order valence-electron chi connectivity index (χ0n) is 20.4. The molecule has 9 heteroatoms. The fourth-order valence-corrected chi connectivity index (χ4v) is 4.91. The quantitative estimate of drug-likeness (QED) is 0.363. The third-order valence-electron chi connectivity index (χ3n) is 6.84. The van der Waals surface area contributed by atoms with Gasteiger partial charge in [-0.2, -0.15) is 0 Å². The molecule has 1 aliphatic heterocycles. The summed E-state index contributed by atoms with van der Waals surface area (Å²) in [5, 5.41) is 6.12. The first kappa shape index (κ1) is 22.2. The number of rotatable bonds is 6. The molecule has 0 amide bonds. The second kappa shape index (κ2) is 9.41. The van der Waals surface area contributed by atoms with E-state index in [0.717, 1.165) is 83.0 Å². The zero-order chi connectivity index (χ0) is 24.5. The van der Waals surface area contributed by atoms with Gasteiger partial charge in [-0.15, -0.1) is 0 Å². The topological polar surface area (TPSA) is 105 Å². The van der Waals surface area contributed by atoms with Crippen LogP contribution >= 0.6 is 0 Å². The van der Waals surface area contributed by atoms with Crippen LogP contribution in [0.3, 0.4) is 0 Å². The van der Waals surface area contributed by atoms with Crippen molar-refractivity contribution in [1.82, 2.24) is 29.9 Å². The molecule has 0 aliphatic carbocycles. The van der Waals surface area contributed by atoms with Crippen molar-refractivity contribution in [2.45, 2.75) is 32.2 Å². The number of nitrogens with one attached hydrogen (secondary N) is 2. The number of fused-ring (bicyclic) bond motifs is 2. The summed E-state index contributed by atoms with van der Waals surface area (Å²) in [6.07, 6.45) is 7.88. The van der Waals surface area contributed by atoms with Gasteiger partial charge in [0.15, 0.2) is 11.5 Å². The Hall–Kier alpha value is -4.27. The number of nitrogens with zero attached hydrogens (tertiary/aromatic N) is 6. The molecular weight excluding hydrogens is 452 g/mol. The van der Waals surface area contributed by atoms with Crippen molar-refractivity contribution < 1.29 is 4.74 Å². The van der Waals surface area contributed by atoms with Gasteiger partial charge >= 0.3 is 0 Å². The predicted octanol–water partition coefficient (Wildman–Crippen LogP) is 4.62. The van der Waals surface area contributed by atoms with Gasteiger partial charge in [-0.25, -0.2) is 24.9 Å². The molecule has 4 heterocycles. The number of imidazole rings is 1. The predicted molar refractivity (Wildman–Crippen MR) is 141 cm³/mol. The Bertz CT molecular complexity index is 1520. The smallest absolute Gasteiger partial charge is 0.182 e. The van der Waals surface area contributed by atoms with E-state index < -0.39 is 0 Å². The monoisotopic (exact) mass is 480 g/mol. The van der Waals surface area contributed by atoms with Gasteiger partial charge < -0.3 is 19.9 Å². The van der Waals surface area contributed by atoms with Crippen molar-refractivity contribution in [2.75, 3.05) is 30.4 Å². The molecule has 0 unspecified atom stereocenters. The number of ether oxygens (including phenoxy) is 1. The van der Waals surface area contributed by atoms with Crippen molar-refractivity contribution in [2.24, 2.45) is 0 Å². The van der Waals surface area contributed by atoms with Crippen LogP contribution in [0.5, 0.6) is 5.75 Å². The fourth-order valence-electron chi connectivity index (χ4n) is 4.91. The van der Waals surface area contributed by atoms with Crippen LogP contribution in [-0.4, -0.2) is 56.1 Å². The summed E-state index contributed by atoms with van der Waals surface area (Å²) in [4.78, 5) is 27.7. The normalized spacial score (nSPS) is 14.4. The fraction of sp³-hybridized carbons (Fsp3) is 0.296. The summed E-state index contributed by atoms with van der Waals surface area (Å²) in [7, 11) is 1.70. The molecule has 0 spiro atoms. The highest BCUT2D eigenvalue weighted by molar-refractivity contribution is 5.98. The van der Waals surface area contributed by atoms with Gasteiger partial charge in [0.1, 0.15) is 23.4 Å². The molecule has 0 saturated carbocycles. The second-order valence-corrected chi connectivity index (χ2v) is 9.03. The molecule has 182 valence electrons. The summed E-state index contributed by atoms with van der Waals surface area (Å²) in [5.41, 5.74) is 4.70. The third kappa shape index (κ3) is 4.17. The Morgan fingerprint density at radius 2 is 1.94 bits per heavy atom. The van der Waals surface area contributed by atoms with Crippen LogP contribution < -0.4 is 15.0 Å². The van der Waals surface area contributed by atoms with E-state index in [0.29, 0.717) is 11.7 Å². The van der Waals surface area contributed by atoms with Gasteiger partial charge in [0.05, 0.1) is 19.1 Å². The van der Waals surface area contributed by atoms with E-state index in [2.05, 4.69) is 66.3 Å². The van der Waals surface area contributed by atoms with Gasteiger partial charge in [-0.3, -0.25) is 0 Å². The first-order chi connectivity index (χ1) is 17.7. The van der Waals surface area contributed by atoms with Crippen LogP contribution in [-0.2, 0) is 6.42 Å². The van der Waals surface area contributed by atoms with Crippen LogP contribution in [0.4, 0.5) is 11.5 Å². The number of H-pyrrole nitrogens is 1. The van der Waals surface area contributed by atoms with Gasteiger partial charge in [-0.1, -0.05) is 13.0 Å². The molecule has 1 saturated heterocycles. The molecule has 2 N–H and O–H groups in total. The van der Waals surface area contributed by atoms with E-state index in [1.165, 1.54) is 0 Å². The number of methoxy groups -OCH3 is 1. The van der Waals surface area contributed by atoms with Gasteiger partial charge in [0, 0.05) is 48.4 Å². The molecular formula is C27H28N8O. The molecule has 2 aromatic carbocycles. The lowest BCUT2D eigenvalue weighted by Gasteiger charge is -2.34. The Kier molecular flexibility index (Phi) is 5.80. The van der Waals surface area contributed by atoms with Gasteiger partial charge in [0.2, 0.25) is 0 Å². The number of hydrogen-bond donors (Lipinski definition) is 2. The lowest BCUT2D eigenvalue weighted by Crippen LogP contribution is -2.39. The molecule has 0 atom stereocenters. The summed E-state index contributed by atoms with van der Waals surface area (Å²) in [6.45, 7) is 3.87. The first-order valence-corrected chi connectivity index (χ1v) is 12.3. The highest BCUT2D eigenvalue weighted by Crippen LogP contribution is 2.34. The third-order valence-corrected chi connectivity index (χ3v) is 6.84. The average molecular weight is 481 g/mol. The molecule has 0 radical (unpaired) electrons. The largest absolute Gasteiger partial charge is 0.497 e. The van der Waals surface area contributed by atoms with Crippen LogP contribution in [0.1, 0.15) is 25.6 Å². The van der Waals surface area contributed by atoms with Crippen molar-refractivity contribution in [3.63, 3.8) is 0 Å². The maximum absolute atomic E-state index is 5.53. The number of piperidine rings is 1. The minimum Gasteiger partial charge on any atom is -0.497 e. The molecule has 5 aromatic rings. The van der Waals surface area contributed by atoms with Crippen molar-refractivity contribution >= 4 is 33.4 Å². The van der Waals surface area contributed by atoms with E-state index in [1.807, 2.05) is 18.3 Å². The zero-order valence-corrected chi connectivity index (χ0v) is 20.4. The summed E-state index contributed by atoms with van der Waals surface area (Å²) in [6, 6.07) is 12.9. The molecule has 9 nitrogen and oxygen atoms in total. The minimum atomic E-state index is 0.335. The number of benzene rings is 2. The maximum atomic E-state index is 5.53. The van der Waals surface area contributed by atoms with E-state index in [9.17, 15) is 0 Å². The van der Waals surface area contributed by atoms with Crippen LogP contribution in [0.15, 0.2) is 55.2 Å². The van der Waals surface area contributed by atoms with E-state index in [-0.39, 0.29) is 0 Å². The Balaban J connectivity index is 1.29. The number of aryl methyl sites for hydroxylation is 1. The number of anilines is 2. The van der Waals surface area contributed by atoms with Crippen molar-refractivity contribution in [3.8, 4) is 17.0 Å². The average Bonchev–Trinajstić information content (AvgIpc) is 3.42. The van der Waals surface area contributed by atoms with Crippen molar-refractivity contribution in [1.29, 1.82) is 0 Å². The minimum absolute atomic E-state index is 0.335. The highest BCUT2D eigenvalue weighted by Gasteiger charge is 2.23. The Morgan fingerprint density at radius 3 is 2.78 bits per heavy atom. The lowest BCUT2D eigenvalue weighted by molar-refractivity contribution is 0.415. The van der Waals surface area contributed by atoms with E-state index in [1.54, 1.807) is 19.8 Å². The van der Waals surface area contributed by atoms with Crippen LogP contribution in [0, 0.1) is 0 Å². The van der Waals surface area contributed by atoms with Gasteiger partial charge in [0.25, 0.3) is 0 Å². The van der Waals surface area contributed by atoms with Gasteiger partial charge in [-0.05, 0) is 48.6 Å². The van der Waals surface area contributed by atoms with Crippen molar-refractivity contribution in [3.05, 3.63) is 61.1 Å². The molecule has 6 rings (SSSR count). The Labute approximate surface area is 209 Å². The Morgan fingerprint density at radius 1 is 1.06 bits per heavy atom. The molecule has 1 aliphatic rings. The SMILES string of the molecule is CCc1nccc(-c2cc(NC3CCN(c4ncnc5nc[nH]c45)CC3)c3cc(OC)ccc3c2)n1. The number of aromatic amines is 1. The lowest BCUT2D eigenvalue weighted by atomic mass is 9.99. The molecule has 3 aromatic heterocycles. The van der Waals surface area contributed by atoms with Crippen LogP contribution in [0.25, 0.3) is 33.2 Å². The standard InChI is InChI=1S/C27H28N8O/c1-3-24-28-9-6-22(34-24)18-12-17-4-5-20(36-2)14-21(17)23(13-18)33-19-7-10-35(11-8-19)27-25-26(30-15-29-25)31-16-32-27/h4-6,9,12-16,19,33H,3,7-8,10-11H2,1-2H3,(H,29,30,31,32). The molecule has 0 bridgehead atoms.